The molecule has 0 aliphatic rings. The van der Waals surface area contributed by atoms with Gasteiger partial charge in [-0.2, -0.15) is 0 Å². The van der Waals surface area contributed by atoms with E-state index in [0.717, 1.165) is 0 Å². The molecule has 2 aromatic heterocycles. The molecule has 0 fully saturated rings. The van der Waals surface area contributed by atoms with E-state index >= 15 is 0 Å². The summed E-state index contributed by atoms with van der Waals surface area (Å²) in [5, 5.41) is 16.1. The van der Waals surface area contributed by atoms with Crippen LogP contribution in [0, 0.1) is 0 Å². The molecule has 0 spiro atoms. The van der Waals surface area contributed by atoms with Crippen molar-refractivity contribution in [1.82, 2.24) is 30.8 Å². The first kappa shape index (κ1) is 15.4. The summed E-state index contributed by atoms with van der Waals surface area (Å²) in [5.74, 6) is -0.0294. The molecule has 0 saturated carbocycles. The van der Waals surface area contributed by atoms with Crippen molar-refractivity contribution < 1.29 is 14.0 Å². The summed E-state index contributed by atoms with van der Waals surface area (Å²) >= 11 is 0. The van der Waals surface area contributed by atoms with Crippen LogP contribution in [0.5, 0.6) is 0 Å². The summed E-state index contributed by atoms with van der Waals surface area (Å²) in [6.07, 6.45) is 2.96. The Hall–Kier alpha value is -3.49. The fraction of sp³-hybridized carbons (Fsp3) is 0.133. The first-order chi connectivity index (χ1) is 11.7. The van der Waals surface area contributed by atoms with E-state index in [1.54, 1.807) is 36.4 Å². The largest absolute Gasteiger partial charge is 0.467 e. The molecule has 9 nitrogen and oxygen atoms in total. The number of nitrogens with zero attached hydrogens (tertiary/aromatic N) is 4. The maximum absolute atomic E-state index is 12.1. The van der Waals surface area contributed by atoms with Crippen LogP contribution in [0.3, 0.4) is 0 Å². The van der Waals surface area contributed by atoms with Gasteiger partial charge in [0.2, 0.25) is 5.91 Å². The van der Waals surface area contributed by atoms with Gasteiger partial charge in [0.05, 0.1) is 25.0 Å². The second-order valence-corrected chi connectivity index (χ2v) is 4.84. The van der Waals surface area contributed by atoms with Gasteiger partial charge in [-0.05, 0) is 40.8 Å². The van der Waals surface area contributed by atoms with Crippen LogP contribution in [0.2, 0.25) is 0 Å². The topological polar surface area (TPSA) is 115 Å². The minimum absolute atomic E-state index is 0.130. The lowest BCUT2D eigenvalue weighted by atomic mass is 10.2. The Balaban J connectivity index is 1.53. The fourth-order valence-corrected chi connectivity index (χ4v) is 1.99. The fourth-order valence-electron chi connectivity index (χ4n) is 1.99. The van der Waals surface area contributed by atoms with Crippen LogP contribution in [-0.2, 0) is 11.3 Å². The van der Waals surface area contributed by atoms with Gasteiger partial charge < -0.3 is 15.1 Å². The molecule has 24 heavy (non-hydrogen) atoms. The van der Waals surface area contributed by atoms with E-state index in [4.69, 9.17) is 4.42 Å². The molecule has 0 saturated heterocycles. The monoisotopic (exact) mass is 326 g/mol. The SMILES string of the molecule is O=C(CNC(=O)c1cccc(-n2cnnn2)c1)NCc1ccco1. The van der Waals surface area contributed by atoms with Crippen LogP contribution >= 0.6 is 0 Å². The molecule has 1 aromatic carbocycles. The van der Waals surface area contributed by atoms with Gasteiger partial charge in [0, 0.05) is 5.56 Å². The third-order valence-electron chi connectivity index (χ3n) is 3.17. The average molecular weight is 326 g/mol. The number of nitrogens with one attached hydrogen (secondary N) is 2. The van der Waals surface area contributed by atoms with Crippen molar-refractivity contribution in [3.8, 4) is 5.69 Å². The van der Waals surface area contributed by atoms with Crippen LogP contribution in [0.25, 0.3) is 5.69 Å². The highest BCUT2D eigenvalue weighted by molar-refractivity contribution is 5.96. The van der Waals surface area contributed by atoms with Crippen molar-refractivity contribution in [2.45, 2.75) is 6.54 Å². The molecule has 3 rings (SSSR count). The van der Waals surface area contributed by atoms with Crippen LogP contribution in [0.4, 0.5) is 0 Å². The maximum atomic E-state index is 12.1. The summed E-state index contributed by atoms with van der Waals surface area (Å²) < 4.78 is 6.54. The average Bonchev–Trinajstić information content (AvgIpc) is 3.31. The number of furan rings is 1. The predicted molar refractivity (Wildman–Crippen MR) is 82.0 cm³/mol. The summed E-state index contributed by atoms with van der Waals surface area (Å²) in [6, 6.07) is 10.2. The van der Waals surface area contributed by atoms with Crippen molar-refractivity contribution in [3.05, 3.63) is 60.3 Å². The van der Waals surface area contributed by atoms with Gasteiger partial charge in [-0.15, -0.1) is 5.10 Å². The van der Waals surface area contributed by atoms with Crippen molar-refractivity contribution in [2.75, 3.05) is 6.54 Å². The van der Waals surface area contributed by atoms with Gasteiger partial charge in [-0.1, -0.05) is 6.07 Å². The quantitative estimate of drug-likeness (QED) is 0.673. The van der Waals surface area contributed by atoms with E-state index < -0.39 is 0 Å². The number of hydrogen-bond acceptors (Lipinski definition) is 6. The van der Waals surface area contributed by atoms with Crippen LogP contribution in [0.15, 0.2) is 53.4 Å². The third-order valence-corrected chi connectivity index (χ3v) is 3.17. The van der Waals surface area contributed by atoms with Crippen LogP contribution in [0.1, 0.15) is 16.1 Å². The zero-order valence-electron chi connectivity index (χ0n) is 12.5. The number of carbonyl (C=O) groups is 2. The zero-order valence-corrected chi connectivity index (χ0v) is 12.5. The Bertz CT molecular complexity index is 814. The Morgan fingerprint density at radius 3 is 2.83 bits per heavy atom. The number of carbonyl (C=O) groups excluding carboxylic acids is 2. The third kappa shape index (κ3) is 3.83. The molecule has 122 valence electrons. The molecular formula is C15H14N6O3. The van der Waals surface area contributed by atoms with Gasteiger partial charge >= 0.3 is 0 Å². The van der Waals surface area contributed by atoms with E-state index in [1.807, 2.05) is 0 Å². The lowest BCUT2D eigenvalue weighted by Crippen LogP contribution is -2.36. The second kappa shape index (κ2) is 7.18. The molecule has 0 bridgehead atoms. The summed E-state index contributed by atoms with van der Waals surface area (Å²) in [5.41, 5.74) is 1.05. The number of amides is 2. The number of rotatable bonds is 6. The highest BCUT2D eigenvalue weighted by atomic mass is 16.3. The second-order valence-electron chi connectivity index (χ2n) is 4.84. The summed E-state index contributed by atoms with van der Waals surface area (Å²) in [6.45, 7) is 0.144. The maximum Gasteiger partial charge on any atom is 0.251 e. The van der Waals surface area contributed by atoms with E-state index in [2.05, 4.69) is 26.2 Å². The van der Waals surface area contributed by atoms with E-state index in [1.165, 1.54) is 17.3 Å². The smallest absolute Gasteiger partial charge is 0.251 e. The summed E-state index contributed by atoms with van der Waals surface area (Å²) in [7, 11) is 0. The molecule has 0 aliphatic carbocycles. The number of aromatic nitrogens is 4. The van der Waals surface area contributed by atoms with E-state index in [9.17, 15) is 9.59 Å². The van der Waals surface area contributed by atoms with Crippen LogP contribution in [-0.4, -0.2) is 38.6 Å². The van der Waals surface area contributed by atoms with Crippen molar-refractivity contribution in [2.24, 2.45) is 0 Å². The Morgan fingerprint density at radius 1 is 1.17 bits per heavy atom. The van der Waals surface area contributed by atoms with Gasteiger partial charge in [0.15, 0.2) is 0 Å². The van der Waals surface area contributed by atoms with Gasteiger partial charge in [-0.25, -0.2) is 4.68 Å². The molecule has 3 aromatic rings. The normalized spacial score (nSPS) is 10.3. The lowest BCUT2D eigenvalue weighted by molar-refractivity contribution is -0.120. The number of benzene rings is 1. The predicted octanol–water partition coefficient (Wildman–Crippen LogP) is 0.301. The summed E-state index contributed by atoms with van der Waals surface area (Å²) in [4.78, 5) is 23.9. The van der Waals surface area contributed by atoms with Crippen molar-refractivity contribution in [1.29, 1.82) is 0 Å². The highest BCUT2D eigenvalue weighted by Gasteiger charge is 2.10. The molecule has 0 atom stereocenters. The first-order valence-electron chi connectivity index (χ1n) is 7.13. The van der Waals surface area contributed by atoms with Gasteiger partial charge in [-0.3, -0.25) is 9.59 Å². The zero-order chi connectivity index (χ0) is 16.8. The van der Waals surface area contributed by atoms with Gasteiger partial charge in [0.25, 0.3) is 5.91 Å². The van der Waals surface area contributed by atoms with Crippen molar-refractivity contribution >= 4 is 11.8 Å². The minimum atomic E-state index is -0.363. The van der Waals surface area contributed by atoms with Crippen molar-refractivity contribution in [3.63, 3.8) is 0 Å². The standard InChI is InChI=1S/C15H14N6O3/c22-14(16-8-13-5-2-6-24-13)9-17-15(23)11-3-1-4-12(7-11)21-10-18-19-20-21/h1-7,10H,8-9H2,(H,16,22)(H,17,23). The molecule has 0 aliphatic heterocycles. The van der Waals surface area contributed by atoms with Crippen LogP contribution < -0.4 is 10.6 Å². The lowest BCUT2D eigenvalue weighted by Gasteiger charge is -2.07. The molecule has 0 radical (unpaired) electrons. The van der Waals surface area contributed by atoms with E-state index in [-0.39, 0.29) is 24.9 Å². The Kier molecular flexibility index (Phi) is 4.61. The molecule has 2 N–H and O–H groups in total. The molecule has 2 heterocycles. The van der Waals surface area contributed by atoms with Gasteiger partial charge in [0.1, 0.15) is 12.1 Å². The molecular weight excluding hydrogens is 312 g/mol. The molecule has 2 amide bonds. The highest BCUT2D eigenvalue weighted by Crippen LogP contribution is 2.08. The Labute approximate surface area is 136 Å². The number of tetrazole rings is 1. The minimum Gasteiger partial charge on any atom is -0.467 e. The molecule has 0 unspecified atom stereocenters. The van der Waals surface area contributed by atoms with E-state index in [0.29, 0.717) is 17.0 Å². The first-order valence-corrected chi connectivity index (χ1v) is 7.13. The molecule has 9 heteroatoms. The number of hydrogen-bond donors (Lipinski definition) is 2. The Morgan fingerprint density at radius 2 is 2.08 bits per heavy atom.